The third kappa shape index (κ3) is 4.08. The fourth-order valence-corrected chi connectivity index (χ4v) is 4.42. The lowest BCUT2D eigenvalue weighted by Gasteiger charge is -2.03. The number of nitrogens with zero attached hydrogens (tertiary/aromatic N) is 3. The van der Waals surface area contributed by atoms with Crippen molar-refractivity contribution in [2.24, 2.45) is 5.14 Å². The zero-order chi connectivity index (χ0) is 18.8. The Bertz CT molecular complexity index is 1090. The van der Waals surface area contributed by atoms with E-state index in [1.807, 2.05) is 58.7 Å². The molecule has 1 unspecified atom stereocenters. The molecule has 0 bridgehead atoms. The third-order valence-electron chi connectivity index (χ3n) is 4.08. The van der Waals surface area contributed by atoms with Gasteiger partial charge in [0.05, 0.1) is 5.69 Å². The highest BCUT2D eigenvalue weighted by Gasteiger charge is 2.15. The van der Waals surface area contributed by atoms with E-state index in [2.05, 4.69) is 33.0 Å². The Morgan fingerprint density at radius 1 is 1.11 bits per heavy atom. The highest BCUT2D eigenvalue weighted by atomic mass is 79.9. The summed E-state index contributed by atoms with van der Waals surface area (Å²) < 4.78 is 14.0. The molecular weight excluding hydrogens is 444 g/mol. The Hall–Kier alpha value is -2.13. The molecule has 0 radical (unpaired) electrons. The molecule has 1 atom stereocenters. The number of rotatable bonds is 5. The number of hydrogen-bond acceptors (Lipinski definition) is 4. The fourth-order valence-electron chi connectivity index (χ4n) is 2.81. The first-order valence-corrected chi connectivity index (χ1v) is 11.2. The molecule has 8 heteroatoms. The number of nitrogens with two attached hydrogens (primary N) is 1. The molecule has 2 aromatic heterocycles. The van der Waals surface area contributed by atoms with E-state index in [1.54, 1.807) is 0 Å². The molecule has 2 N–H and O–H groups in total. The van der Waals surface area contributed by atoms with Crippen LogP contribution in [0.2, 0.25) is 0 Å². The molecule has 0 spiro atoms. The van der Waals surface area contributed by atoms with Gasteiger partial charge in [-0.25, -0.2) is 9.67 Å². The van der Waals surface area contributed by atoms with E-state index in [4.69, 9.17) is 10.2 Å². The standard InChI is InChI=1S/C19H15BrN4OS2/c20-17-12-26-19(22-17)24-11-15(18(23-24)14-4-2-1-3-5-14)10-13-6-8-16(9-7-13)27(21)25/h1-9,11-12H,10H2,(H2,21,25)/p+1. The maximum atomic E-state index is 11.4. The molecule has 0 aliphatic heterocycles. The smallest absolute Gasteiger partial charge is 0.211 e. The van der Waals surface area contributed by atoms with Crippen molar-refractivity contribution in [1.29, 1.82) is 0 Å². The van der Waals surface area contributed by atoms with Crippen molar-refractivity contribution in [1.82, 2.24) is 14.8 Å². The molecule has 0 saturated carbocycles. The second kappa shape index (κ2) is 7.85. The first-order valence-electron chi connectivity index (χ1n) is 8.16. The van der Waals surface area contributed by atoms with Crippen molar-refractivity contribution >= 4 is 38.3 Å². The van der Waals surface area contributed by atoms with Crippen molar-refractivity contribution in [3.63, 3.8) is 0 Å². The van der Waals surface area contributed by atoms with Gasteiger partial charge in [-0.1, -0.05) is 46.7 Å². The minimum atomic E-state index is -1.81. The normalized spacial score (nSPS) is 12.2. The third-order valence-corrected chi connectivity index (χ3v) is 6.43. The van der Waals surface area contributed by atoms with Crippen LogP contribution in [0.1, 0.15) is 11.1 Å². The van der Waals surface area contributed by atoms with E-state index in [0.717, 1.165) is 32.1 Å². The van der Waals surface area contributed by atoms with Gasteiger partial charge in [0.25, 0.3) is 0 Å². The summed E-state index contributed by atoms with van der Waals surface area (Å²) in [7, 11) is -1.81. The van der Waals surface area contributed by atoms with Crippen LogP contribution >= 0.6 is 27.3 Å². The monoisotopic (exact) mass is 459 g/mol. The van der Waals surface area contributed by atoms with Crippen LogP contribution in [0.4, 0.5) is 0 Å². The second-order valence-electron chi connectivity index (χ2n) is 5.94. The Morgan fingerprint density at radius 2 is 1.85 bits per heavy atom. The molecule has 0 fully saturated rings. The predicted octanol–water partition coefficient (Wildman–Crippen LogP) is 4.28. The molecule has 2 heterocycles. The Labute approximate surface area is 171 Å². The summed E-state index contributed by atoms with van der Waals surface area (Å²) in [6.07, 6.45) is 2.73. The maximum Gasteiger partial charge on any atom is 0.211 e. The van der Waals surface area contributed by atoms with Gasteiger partial charge in [-0.2, -0.15) is 5.10 Å². The van der Waals surface area contributed by atoms with Crippen molar-refractivity contribution in [2.75, 3.05) is 0 Å². The summed E-state index contributed by atoms with van der Waals surface area (Å²) in [5.41, 5.74) is 4.18. The van der Waals surface area contributed by atoms with Gasteiger partial charge in [-0.3, -0.25) is 0 Å². The number of hydrogen-bond donors (Lipinski definition) is 1. The van der Waals surface area contributed by atoms with E-state index in [1.165, 1.54) is 11.3 Å². The Morgan fingerprint density at radius 3 is 2.48 bits per heavy atom. The van der Waals surface area contributed by atoms with E-state index in [-0.39, 0.29) is 0 Å². The lowest BCUT2D eigenvalue weighted by atomic mass is 10.0. The number of halogens is 1. The van der Waals surface area contributed by atoms with Crippen LogP contribution in [-0.2, 0) is 21.6 Å². The average Bonchev–Trinajstić information content (AvgIpc) is 3.29. The van der Waals surface area contributed by atoms with Gasteiger partial charge in [0.2, 0.25) is 5.13 Å². The quantitative estimate of drug-likeness (QED) is 0.357. The summed E-state index contributed by atoms with van der Waals surface area (Å²) in [5, 5.41) is 13.0. The first kappa shape index (κ1) is 18.2. The van der Waals surface area contributed by atoms with Crippen molar-refractivity contribution in [3.8, 4) is 16.4 Å². The first-order chi connectivity index (χ1) is 13.1. The minimum absolute atomic E-state index is 0.653. The van der Waals surface area contributed by atoms with E-state index in [0.29, 0.717) is 11.3 Å². The average molecular weight is 460 g/mol. The number of benzene rings is 2. The van der Waals surface area contributed by atoms with Crippen molar-refractivity contribution in [3.05, 3.63) is 81.9 Å². The van der Waals surface area contributed by atoms with Crippen molar-refractivity contribution < 1.29 is 4.21 Å². The van der Waals surface area contributed by atoms with E-state index >= 15 is 0 Å². The molecule has 0 amide bonds. The van der Waals surface area contributed by atoms with Crippen LogP contribution in [0.5, 0.6) is 0 Å². The minimum Gasteiger partial charge on any atom is -0.213 e. The van der Waals surface area contributed by atoms with Crippen LogP contribution in [0, 0.1) is 0 Å². The molecule has 0 aliphatic carbocycles. The molecule has 4 aromatic rings. The van der Waals surface area contributed by atoms with Crippen LogP contribution in [-0.4, -0.2) is 14.8 Å². The molecular formula is C19H16BrN4OS2+. The van der Waals surface area contributed by atoms with E-state index < -0.39 is 11.0 Å². The molecule has 5 nitrogen and oxygen atoms in total. The van der Waals surface area contributed by atoms with Crippen LogP contribution in [0.15, 0.2) is 75.7 Å². The Kier molecular flexibility index (Phi) is 5.31. The summed E-state index contributed by atoms with van der Waals surface area (Å²) in [4.78, 5) is 5.11. The summed E-state index contributed by atoms with van der Waals surface area (Å²) >= 11 is 4.92. The molecule has 0 saturated heterocycles. The maximum absolute atomic E-state index is 11.4. The summed E-state index contributed by atoms with van der Waals surface area (Å²) in [5.74, 6) is 0. The summed E-state index contributed by atoms with van der Waals surface area (Å²) in [6.45, 7) is 0. The molecule has 136 valence electrons. The van der Waals surface area contributed by atoms with Gasteiger partial charge < -0.3 is 0 Å². The zero-order valence-electron chi connectivity index (χ0n) is 14.1. The number of aromatic nitrogens is 3. The largest absolute Gasteiger partial charge is 0.213 e. The highest BCUT2D eigenvalue weighted by Crippen LogP contribution is 2.27. The highest BCUT2D eigenvalue weighted by molar-refractivity contribution is 9.10. The van der Waals surface area contributed by atoms with Gasteiger partial charge in [-0.05, 0) is 33.6 Å². The topological polar surface area (TPSA) is 73.8 Å². The Balaban J connectivity index is 1.73. The van der Waals surface area contributed by atoms with Gasteiger partial charge >= 0.3 is 0 Å². The van der Waals surface area contributed by atoms with E-state index in [9.17, 15) is 4.21 Å². The van der Waals surface area contributed by atoms with Gasteiger partial charge in [0, 0.05) is 29.1 Å². The van der Waals surface area contributed by atoms with Gasteiger partial charge in [-0.15, -0.1) is 16.5 Å². The lowest BCUT2D eigenvalue weighted by molar-refractivity contribution is 0.596. The second-order valence-corrected chi connectivity index (χ2v) is 8.75. The SMILES string of the molecule is N[SH+](=O)c1ccc(Cc2cn(-c3nc(Br)cs3)nc2-c2ccccc2)cc1. The van der Waals surface area contributed by atoms with Gasteiger partial charge in [0.1, 0.15) is 4.60 Å². The van der Waals surface area contributed by atoms with Gasteiger partial charge in [0.15, 0.2) is 15.9 Å². The number of thiol groups is 1. The lowest BCUT2D eigenvalue weighted by Crippen LogP contribution is -2.01. The number of thiazole rings is 1. The zero-order valence-corrected chi connectivity index (χ0v) is 17.4. The fraction of sp³-hybridized carbons (Fsp3) is 0.0526. The van der Waals surface area contributed by atoms with Crippen molar-refractivity contribution in [2.45, 2.75) is 11.3 Å². The molecule has 2 aromatic carbocycles. The molecule has 27 heavy (non-hydrogen) atoms. The predicted molar refractivity (Wildman–Crippen MR) is 114 cm³/mol. The van der Waals surface area contributed by atoms with Crippen LogP contribution in [0.25, 0.3) is 16.4 Å². The molecule has 4 rings (SSSR count). The van der Waals surface area contributed by atoms with Crippen LogP contribution < -0.4 is 5.14 Å². The molecule has 0 aliphatic rings. The van der Waals surface area contributed by atoms with Crippen LogP contribution in [0.3, 0.4) is 0 Å². The summed E-state index contributed by atoms with van der Waals surface area (Å²) in [6, 6.07) is 17.7.